The van der Waals surface area contributed by atoms with Crippen molar-refractivity contribution in [2.24, 2.45) is 0 Å². The van der Waals surface area contributed by atoms with Gasteiger partial charge >= 0.3 is 5.97 Å². The summed E-state index contributed by atoms with van der Waals surface area (Å²) in [6.07, 6.45) is 0. The molecule has 2 aromatic carbocycles. The maximum absolute atomic E-state index is 13.7. The molecule has 0 atom stereocenters. The average molecular weight is 429 g/mol. The largest absolute Gasteiger partial charge is 0.453 e. The highest BCUT2D eigenvalue weighted by Gasteiger charge is 2.20. The van der Waals surface area contributed by atoms with Gasteiger partial charge in [-0.2, -0.15) is 5.10 Å². The lowest BCUT2D eigenvalue weighted by molar-refractivity contribution is 0.0478. The summed E-state index contributed by atoms with van der Waals surface area (Å²) in [7, 11) is 0. The second kappa shape index (κ2) is 7.77. The van der Waals surface area contributed by atoms with Gasteiger partial charge in [-0.05, 0) is 37.3 Å². The fraction of sp³-hybridized carbons (Fsp3) is 0.0952. The van der Waals surface area contributed by atoms with Crippen LogP contribution in [0.15, 0.2) is 54.6 Å². The van der Waals surface area contributed by atoms with Crippen LogP contribution in [-0.2, 0) is 4.74 Å². The van der Waals surface area contributed by atoms with E-state index >= 15 is 0 Å². The Balaban J connectivity index is 1.58. The number of halogens is 2. The van der Waals surface area contributed by atoms with Gasteiger partial charge in [0.25, 0.3) is 0 Å². The molecule has 0 saturated heterocycles. The number of carbonyl (C=O) groups is 2. The van der Waals surface area contributed by atoms with Gasteiger partial charge in [-0.1, -0.05) is 35.9 Å². The van der Waals surface area contributed by atoms with Gasteiger partial charge < -0.3 is 4.74 Å². The summed E-state index contributed by atoms with van der Waals surface area (Å²) in [5.74, 6) is -1.90. The molecule has 0 bridgehead atoms. The molecule has 0 saturated carbocycles. The smallest absolute Gasteiger partial charge is 0.348 e. The van der Waals surface area contributed by atoms with Crippen molar-refractivity contribution in [1.29, 1.82) is 0 Å². The van der Waals surface area contributed by atoms with Gasteiger partial charge in [0.2, 0.25) is 5.78 Å². The summed E-state index contributed by atoms with van der Waals surface area (Å²) in [6.45, 7) is 1.29. The van der Waals surface area contributed by atoms with E-state index in [0.29, 0.717) is 15.6 Å². The van der Waals surface area contributed by atoms with Crippen LogP contribution in [0.2, 0.25) is 5.02 Å². The van der Waals surface area contributed by atoms with E-state index in [1.54, 1.807) is 22.9 Å². The van der Waals surface area contributed by atoms with E-state index in [2.05, 4.69) is 5.10 Å². The van der Waals surface area contributed by atoms with Crippen LogP contribution in [0, 0.1) is 12.7 Å². The maximum atomic E-state index is 13.7. The van der Waals surface area contributed by atoms with Crippen LogP contribution in [0.25, 0.3) is 15.9 Å². The van der Waals surface area contributed by atoms with Crippen LogP contribution >= 0.6 is 22.9 Å². The number of nitrogens with zero attached hydrogens (tertiary/aromatic N) is 2. The zero-order chi connectivity index (χ0) is 20.5. The van der Waals surface area contributed by atoms with E-state index in [4.69, 9.17) is 16.3 Å². The number of Topliss-reactive ketones (excluding diaryl/α,β-unsaturated/α-hetero) is 1. The third-order valence-corrected chi connectivity index (χ3v) is 5.75. The SMILES string of the molecule is Cc1nn(-c2ccccc2Cl)c2sc(C(=O)OCC(=O)c3ccccc3F)cc12. The molecule has 0 aliphatic rings. The lowest BCUT2D eigenvalue weighted by Crippen LogP contribution is -2.14. The number of hydrogen-bond acceptors (Lipinski definition) is 5. The number of carbonyl (C=O) groups excluding carboxylic acids is 2. The highest BCUT2D eigenvalue weighted by atomic mass is 35.5. The van der Waals surface area contributed by atoms with Gasteiger partial charge in [-0.25, -0.2) is 13.9 Å². The first-order chi connectivity index (χ1) is 14.0. The van der Waals surface area contributed by atoms with Gasteiger partial charge in [0, 0.05) is 5.39 Å². The van der Waals surface area contributed by atoms with Gasteiger partial charge in [-0.15, -0.1) is 11.3 Å². The fourth-order valence-corrected chi connectivity index (χ4v) is 4.19. The van der Waals surface area contributed by atoms with Crippen LogP contribution in [0.4, 0.5) is 4.39 Å². The molecule has 8 heteroatoms. The number of para-hydroxylation sites is 1. The standard InChI is InChI=1S/C21H14ClFN2O3S/c1-12-14-10-19(21(27)28-11-18(26)13-6-2-4-8-16(13)23)29-20(14)25(24-12)17-9-5-3-7-15(17)22/h2-10H,11H2,1H3. The number of fused-ring (bicyclic) bond motifs is 1. The quantitative estimate of drug-likeness (QED) is 0.322. The van der Waals surface area contributed by atoms with Crippen molar-refractivity contribution in [2.75, 3.05) is 6.61 Å². The zero-order valence-electron chi connectivity index (χ0n) is 15.2. The zero-order valence-corrected chi connectivity index (χ0v) is 16.8. The lowest BCUT2D eigenvalue weighted by Gasteiger charge is -2.05. The van der Waals surface area contributed by atoms with Crippen molar-refractivity contribution in [3.05, 3.63) is 81.6 Å². The number of thiophene rings is 1. The number of hydrogen-bond donors (Lipinski definition) is 0. The first-order valence-corrected chi connectivity index (χ1v) is 9.84. The molecule has 0 fully saturated rings. The van der Waals surface area contributed by atoms with Crippen molar-refractivity contribution in [3.8, 4) is 5.69 Å². The number of esters is 1. The van der Waals surface area contributed by atoms with Crippen molar-refractivity contribution in [1.82, 2.24) is 9.78 Å². The first-order valence-electron chi connectivity index (χ1n) is 8.64. The molecular weight excluding hydrogens is 415 g/mol. The number of aryl methyl sites for hydroxylation is 1. The highest BCUT2D eigenvalue weighted by molar-refractivity contribution is 7.20. The Hall–Kier alpha value is -3.03. The van der Waals surface area contributed by atoms with E-state index in [1.807, 2.05) is 25.1 Å². The first kappa shape index (κ1) is 19.3. The third kappa shape index (κ3) is 3.66. The van der Waals surface area contributed by atoms with Gasteiger partial charge in [0.1, 0.15) is 15.5 Å². The molecule has 4 rings (SSSR count). The van der Waals surface area contributed by atoms with Crippen molar-refractivity contribution in [2.45, 2.75) is 6.92 Å². The van der Waals surface area contributed by atoms with Crippen LogP contribution < -0.4 is 0 Å². The molecule has 0 spiro atoms. The van der Waals surface area contributed by atoms with Gasteiger partial charge in [0.15, 0.2) is 6.61 Å². The molecule has 0 amide bonds. The second-order valence-corrected chi connectivity index (χ2v) is 7.70. The van der Waals surface area contributed by atoms with E-state index < -0.39 is 24.2 Å². The molecule has 5 nitrogen and oxygen atoms in total. The monoisotopic (exact) mass is 428 g/mol. The Morgan fingerprint density at radius 2 is 1.90 bits per heavy atom. The summed E-state index contributed by atoms with van der Waals surface area (Å²) in [4.78, 5) is 25.6. The van der Waals surface area contributed by atoms with Crippen LogP contribution in [0.3, 0.4) is 0 Å². The summed E-state index contributed by atoms with van der Waals surface area (Å²) < 4.78 is 20.5. The van der Waals surface area contributed by atoms with Crippen LogP contribution in [0.5, 0.6) is 0 Å². The highest BCUT2D eigenvalue weighted by Crippen LogP contribution is 2.32. The summed E-state index contributed by atoms with van der Waals surface area (Å²) >= 11 is 7.47. The number of aromatic nitrogens is 2. The minimum Gasteiger partial charge on any atom is -0.453 e. The molecule has 0 aliphatic heterocycles. The molecule has 2 heterocycles. The van der Waals surface area contributed by atoms with E-state index in [1.165, 1.54) is 29.5 Å². The number of rotatable bonds is 5. The van der Waals surface area contributed by atoms with Gasteiger partial charge in [0.05, 0.1) is 22.0 Å². The Kier molecular flexibility index (Phi) is 5.17. The van der Waals surface area contributed by atoms with Crippen LogP contribution in [0.1, 0.15) is 25.7 Å². The normalized spacial score (nSPS) is 11.0. The predicted molar refractivity (Wildman–Crippen MR) is 110 cm³/mol. The van der Waals surface area contributed by atoms with Crippen LogP contribution in [-0.4, -0.2) is 28.1 Å². The van der Waals surface area contributed by atoms with E-state index in [9.17, 15) is 14.0 Å². The molecule has 0 N–H and O–H groups in total. The molecule has 2 aromatic heterocycles. The van der Waals surface area contributed by atoms with Crippen molar-refractivity contribution in [3.63, 3.8) is 0 Å². The third-order valence-electron chi connectivity index (χ3n) is 4.34. The Labute approximate surface area is 174 Å². The number of ether oxygens (including phenoxy) is 1. The molecule has 0 unspecified atom stereocenters. The van der Waals surface area contributed by atoms with E-state index in [-0.39, 0.29) is 5.56 Å². The fourth-order valence-electron chi connectivity index (χ4n) is 2.90. The summed E-state index contributed by atoms with van der Waals surface area (Å²) in [6, 6.07) is 14.5. The summed E-state index contributed by atoms with van der Waals surface area (Å²) in [5, 5.41) is 5.83. The summed E-state index contributed by atoms with van der Waals surface area (Å²) in [5.41, 5.74) is 1.32. The van der Waals surface area contributed by atoms with Crippen molar-refractivity contribution >= 4 is 44.9 Å². The number of benzene rings is 2. The second-order valence-electron chi connectivity index (χ2n) is 6.26. The Morgan fingerprint density at radius 3 is 2.66 bits per heavy atom. The topological polar surface area (TPSA) is 61.2 Å². The average Bonchev–Trinajstić information content (AvgIpc) is 3.27. The molecule has 4 aromatic rings. The Bertz CT molecular complexity index is 1250. The van der Waals surface area contributed by atoms with E-state index in [0.717, 1.165) is 15.9 Å². The maximum Gasteiger partial charge on any atom is 0.348 e. The minimum absolute atomic E-state index is 0.109. The lowest BCUT2D eigenvalue weighted by atomic mass is 10.1. The molecular formula is C21H14ClFN2O3S. The Morgan fingerprint density at radius 1 is 1.17 bits per heavy atom. The van der Waals surface area contributed by atoms with Crippen molar-refractivity contribution < 1.29 is 18.7 Å². The molecule has 0 aliphatic carbocycles. The molecule has 146 valence electrons. The molecule has 29 heavy (non-hydrogen) atoms. The van der Waals surface area contributed by atoms with Gasteiger partial charge in [-0.3, -0.25) is 4.79 Å². The predicted octanol–water partition coefficient (Wildman–Crippen LogP) is 5.23. The minimum atomic E-state index is -0.652. The number of ketones is 1. The molecule has 0 radical (unpaired) electrons.